The van der Waals surface area contributed by atoms with Crippen LogP contribution in [0.5, 0.6) is 5.75 Å². The van der Waals surface area contributed by atoms with Gasteiger partial charge in [-0.05, 0) is 30.3 Å². The first-order valence-electron chi connectivity index (χ1n) is 8.38. The molecule has 0 saturated carbocycles. The number of hydrogen-bond acceptors (Lipinski definition) is 4. The molecule has 0 spiro atoms. The molecule has 0 aromatic heterocycles. The van der Waals surface area contributed by atoms with Gasteiger partial charge in [0.1, 0.15) is 5.75 Å². The van der Waals surface area contributed by atoms with Gasteiger partial charge in [0, 0.05) is 36.1 Å². The quantitative estimate of drug-likeness (QED) is 0.761. The van der Waals surface area contributed by atoms with Gasteiger partial charge in [0.2, 0.25) is 0 Å². The number of piperazine rings is 1. The molecule has 5 nitrogen and oxygen atoms in total. The van der Waals surface area contributed by atoms with Crippen molar-refractivity contribution >= 4 is 47.6 Å². The Bertz CT molecular complexity index is 855. The van der Waals surface area contributed by atoms with Crippen LogP contribution in [0, 0.1) is 0 Å². The van der Waals surface area contributed by atoms with E-state index < -0.39 is 0 Å². The van der Waals surface area contributed by atoms with Crippen LogP contribution in [-0.2, 0) is 4.79 Å². The lowest BCUT2D eigenvalue weighted by molar-refractivity contribution is -0.134. The van der Waals surface area contributed by atoms with Crippen LogP contribution in [-0.4, -0.2) is 54.4 Å². The summed E-state index contributed by atoms with van der Waals surface area (Å²) in [4.78, 5) is 29.0. The van der Waals surface area contributed by atoms with Gasteiger partial charge in [0.15, 0.2) is 6.61 Å². The Morgan fingerprint density at radius 3 is 2.33 bits per heavy atom. The van der Waals surface area contributed by atoms with Gasteiger partial charge >= 0.3 is 0 Å². The first-order chi connectivity index (χ1) is 13.0. The topological polar surface area (TPSA) is 49.9 Å². The van der Waals surface area contributed by atoms with Gasteiger partial charge in [0.05, 0.1) is 10.6 Å². The third kappa shape index (κ3) is 4.89. The normalized spacial score (nSPS) is 14.2. The van der Waals surface area contributed by atoms with E-state index in [1.165, 1.54) is 0 Å². The Labute approximate surface area is 173 Å². The van der Waals surface area contributed by atoms with Crippen molar-refractivity contribution in [3.05, 3.63) is 58.1 Å². The van der Waals surface area contributed by atoms with Crippen LogP contribution in [0.3, 0.4) is 0 Å². The van der Waals surface area contributed by atoms with Crippen LogP contribution in [0.15, 0.2) is 47.4 Å². The molecule has 0 bridgehead atoms. The molecule has 1 heterocycles. The van der Waals surface area contributed by atoms with Crippen molar-refractivity contribution in [3.8, 4) is 5.75 Å². The molecular formula is C19H18Cl2N2O3S. The van der Waals surface area contributed by atoms with Crippen LogP contribution < -0.4 is 4.74 Å². The number of carbonyl (C=O) groups is 2. The summed E-state index contributed by atoms with van der Waals surface area (Å²) in [7, 11) is 0. The number of carbonyl (C=O) groups excluding carboxylic acids is 2. The van der Waals surface area contributed by atoms with E-state index in [0.29, 0.717) is 52.4 Å². The third-order valence-electron chi connectivity index (χ3n) is 4.30. The van der Waals surface area contributed by atoms with Gasteiger partial charge in [-0.1, -0.05) is 35.3 Å². The maximum Gasteiger partial charge on any atom is 0.260 e. The van der Waals surface area contributed by atoms with Gasteiger partial charge in [-0.25, -0.2) is 0 Å². The van der Waals surface area contributed by atoms with E-state index in [2.05, 4.69) is 12.6 Å². The lowest BCUT2D eigenvalue weighted by Crippen LogP contribution is -2.51. The van der Waals surface area contributed by atoms with Crippen LogP contribution in [0.2, 0.25) is 10.0 Å². The van der Waals surface area contributed by atoms with Crippen molar-refractivity contribution in [3.63, 3.8) is 0 Å². The molecule has 0 atom stereocenters. The smallest absolute Gasteiger partial charge is 0.260 e. The van der Waals surface area contributed by atoms with Crippen molar-refractivity contribution < 1.29 is 14.3 Å². The fourth-order valence-electron chi connectivity index (χ4n) is 2.81. The average molecular weight is 425 g/mol. The highest BCUT2D eigenvalue weighted by molar-refractivity contribution is 7.80. The van der Waals surface area contributed by atoms with Gasteiger partial charge in [-0.2, -0.15) is 0 Å². The summed E-state index contributed by atoms with van der Waals surface area (Å²) in [5, 5.41) is 0.860. The average Bonchev–Trinajstić information content (AvgIpc) is 2.67. The number of hydrogen-bond donors (Lipinski definition) is 1. The largest absolute Gasteiger partial charge is 0.482 e. The second-order valence-electron chi connectivity index (χ2n) is 6.05. The van der Waals surface area contributed by atoms with E-state index in [1.54, 1.807) is 40.1 Å². The summed E-state index contributed by atoms with van der Waals surface area (Å²) in [5.41, 5.74) is 0.571. The molecule has 1 saturated heterocycles. The Morgan fingerprint density at radius 1 is 1.00 bits per heavy atom. The van der Waals surface area contributed by atoms with Gasteiger partial charge in [-0.15, -0.1) is 12.6 Å². The molecule has 3 rings (SSSR count). The molecule has 27 heavy (non-hydrogen) atoms. The van der Waals surface area contributed by atoms with Crippen LogP contribution in [0.4, 0.5) is 0 Å². The Morgan fingerprint density at radius 2 is 1.67 bits per heavy atom. The van der Waals surface area contributed by atoms with Crippen molar-refractivity contribution in [2.24, 2.45) is 0 Å². The number of halogens is 2. The molecule has 2 aromatic rings. The van der Waals surface area contributed by atoms with Crippen molar-refractivity contribution in [1.82, 2.24) is 9.80 Å². The summed E-state index contributed by atoms with van der Waals surface area (Å²) in [6.45, 7) is 1.73. The molecule has 0 unspecified atom stereocenters. The van der Waals surface area contributed by atoms with E-state index in [-0.39, 0.29) is 18.4 Å². The van der Waals surface area contributed by atoms with E-state index in [1.807, 2.05) is 12.1 Å². The predicted molar refractivity (Wildman–Crippen MR) is 108 cm³/mol. The fraction of sp³-hybridized carbons (Fsp3) is 0.263. The zero-order valence-corrected chi connectivity index (χ0v) is 16.8. The maximum absolute atomic E-state index is 12.6. The SMILES string of the molecule is O=C(COc1ccc(Cl)cc1Cl)N1CCN(C(=O)c2ccccc2S)CC1. The van der Waals surface area contributed by atoms with Crippen molar-refractivity contribution in [2.45, 2.75) is 4.90 Å². The molecule has 0 N–H and O–H groups in total. The fourth-order valence-corrected chi connectivity index (χ4v) is 3.53. The zero-order valence-electron chi connectivity index (χ0n) is 14.4. The number of thiol groups is 1. The van der Waals surface area contributed by atoms with Gasteiger partial charge < -0.3 is 14.5 Å². The van der Waals surface area contributed by atoms with Gasteiger partial charge in [-0.3, -0.25) is 9.59 Å². The summed E-state index contributed by atoms with van der Waals surface area (Å²) in [6.07, 6.45) is 0. The van der Waals surface area contributed by atoms with Crippen LogP contribution in [0.25, 0.3) is 0 Å². The molecule has 1 aliphatic rings. The maximum atomic E-state index is 12.6. The highest BCUT2D eigenvalue weighted by atomic mass is 35.5. The van der Waals surface area contributed by atoms with Crippen LogP contribution in [0.1, 0.15) is 10.4 Å². The van der Waals surface area contributed by atoms with Crippen molar-refractivity contribution in [2.75, 3.05) is 32.8 Å². The number of rotatable bonds is 4. The van der Waals surface area contributed by atoms with E-state index in [9.17, 15) is 9.59 Å². The van der Waals surface area contributed by atoms with Crippen molar-refractivity contribution in [1.29, 1.82) is 0 Å². The number of amides is 2. The highest BCUT2D eigenvalue weighted by Gasteiger charge is 2.25. The molecule has 1 aliphatic heterocycles. The molecular weight excluding hydrogens is 407 g/mol. The Kier molecular flexibility index (Phi) is 6.52. The van der Waals surface area contributed by atoms with E-state index >= 15 is 0 Å². The first kappa shape index (κ1) is 19.9. The second-order valence-corrected chi connectivity index (χ2v) is 7.38. The number of nitrogens with zero attached hydrogens (tertiary/aromatic N) is 2. The molecule has 142 valence electrons. The molecule has 0 radical (unpaired) electrons. The second kappa shape index (κ2) is 8.87. The number of benzene rings is 2. The monoisotopic (exact) mass is 424 g/mol. The molecule has 2 aromatic carbocycles. The lowest BCUT2D eigenvalue weighted by atomic mass is 10.2. The minimum atomic E-state index is -0.150. The standard InChI is InChI=1S/C19H18Cl2N2O3S/c20-13-5-6-16(15(21)11-13)26-12-18(24)22-7-9-23(10-8-22)19(25)14-3-1-2-4-17(14)27/h1-6,11,27H,7-10,12H2. The Hall–Kier alpha value is -1.89. The third-order valence-corrected chi connectivity index (χ3v) is 5.22. The lowest BCUT2D eigenvalue weighted by Gasteiger charge is -2.35. The van der Waals surface area contributed by atoms with E-state index in [0.717, 1.165) is 0 Å². The zero-order chi connectivity index (χ0) is 19.4. The summed E-state index contributed by atoms with van der Waals surface area (Å²) < 4.78 is 5.49. The van der Waals surface area contributed by atoms with E-state index in [4.69, 9.17) is 27.9 Å². The molecule has 8 heteroatoms. The summed E-state index contributed by atoms with van der Waals surface area (Å²) >= 11 is 16.2. The summed E-state index contributed by atoms with van der Waals surface area (Å²) in [5.74, 6) is 0.188. The summed E-state index contributed by atoms with van der Waals surface area (Å²) in [6, 6.07) is 12.0. The first-order valence-corrected chi connectivity index (χ1v) is 9.59. The Balaban J connectivity index is 1.52. The molecule has 2 amide bonds. The predicted octanol–water partition coefficient (Wildman–Crippen LogP) is 3.65. The molecule has 1 fully saturated rings. The minimum absolute atomic E-state index is 0.0723. The highest BCUT2D eigenvalue weighted by Crippen LogP contribution is 2.27. The number of ether oxygens (including phenoxy) is 1. The molecule has 0 aliphatic carbocycles. The minimum Gasteiger partial charge on any atom is -0.482 e. The van der Waals surface area contributed by atoms with Crippen LogP contribution >= 0.6 is 35.8 Å². The van der Waals surface area contributed by atoms with Gasteiger partial charge in [0.25, 0.3) is 11.8 Å².